The summed E-state index contributed by atoms with van der Waals surface area (Å²) < 4.78 is 0. The zero-order valence-electron chi connectivity index (χ0n) is 11.7. The highest BCUT2D eigenvalue weighted by atomic mass is 16.1. The Kier molecular flexibility index (Phi) is 3.69. The van der Waals surface area contributed by atoms with Crippen molar-refractivity contribution >= 4 is 5.78 Å². The second kappa shape index (κ2) is 5.46. The van der Waals surface area contributed by atoms with Crippen molar-refractivity contribution in [3.63, 3.8) is 0 Å². The van der Waals surface area contributed by atoms with E-state index in [0.29, 0.717) is 5.78 Å². The van der Waals surface area contributed by atoms with Gasteiger partial charge in [0.25, 0.3) is 0 Å². The highest BCUT2D eigenvalue weighted by molar-refractivity contribution is 5.99. The first-order chi connectivity index (χ1) is 9.25. The lowest BCUT2D eigenvalue weighted by atomic mass is 9.78. The van der Waals surface area contributed by atoms with E-state index < -0.39 is 0 Å². The Bertz CT molecular complexity index is 472. The summed E-state index contributed by atoms with van der Waals surface area (Å²) in [6, 6.07) is 6.25. The number of hydrogen-bond acceptors (Lipinski definition) is 2. The second-order valence-corrected chi connectivity index (χ2v) is 6.19. The van der Waals surface area contributed by atoms with Crippen LogP contribution in [0.4, 0.5) is 0 Å². The van der Waals surface area contributed by atoms with Gasteiger partial charge in [0, 0.05) is 18.0 Å². The molecule has 0 amide bonds. The maximum absolute atomic E-state index is 12.8. The maximum atomic E-state index is 12.8. The van der Waals surface area contributed by atoms with E-state index in [-0.39, 0.29) is 5.92 Å². The van der Waals surface area contributed by atoms with Gasteiger partial charge in [0.15, 0.2) is 5.78 Å². The number of ketones is 1. The Balaban J connectivity index is 1.83. The Morgan fingerprint density at radius 2 is 2.00 bits per heavy atom. The lowest BCUT2D eigenvalue weighted by molar-refractivity contribution is 0.0874. The van der Waals surface area contributed by atoms with Crippen LogP contribution >= 0.6 is 0 Å². The third kappa shape index (κ3) is 2.59. The first-order valence-corrected chi connectivity index (χ1v) is 7.61. The predicted molar refractivity (Wildman–Crippen MR) is 77.3 cm³/mol. The van der Waals surface area contributed by atoms with Gasteiger partial charge in [0.2, 0.25) is 0 Å². The number of Topliss-reactive ketones (excluding diaryl/α,β-unsaturated/α-hetero) is 1. The summed E-state index contributed by atoms with van der Waals surface area (Å²) in [4.78, 5) is 12.8. The molecular formula is C17H23NO. The average molecular weight is 257 g/mol. The average Bonchev–Trinajstić information content (AvgIpc) is 2.47. The van der Waals surface area contributed by atoms with Gasteiger partial charge in [0.1, 0.15) is 0 Å². The number of fused-ring (bicyclic) bond motifs is 1. The van der Waals surface area contributed by atoms with Crippen LogP contribution < -0.4 is 5.32 Å². The number of rotatable bonds is 2. The summed E-state index contributed by atoms with van der Waals surface area (Å²) in [6.07, 6.45) is 5.60. The van der Waals surface area contributed by atoms with Crippen LogP contribution in [-0.4, -0.2) is 12.3 Å². The minimum Gasteiger partial charge on any atom is -0.312 e. The molecule has 1 saturated carbocycles. The van der Waals surface area contributed by atoms with Crippen molar-refractivity contribution in [3.8, 4) is 0 Å². The van der Waals surface area contributed by atoms with Gasteiger partial charge < -0.3 is 5.32 Å². The molecule has 2 nitrogen and oxygen atoms in total. The highest BCUT2D eigenvalue weighted by Crippen LogP contribution is 2.32. The van der Waals surface area contributed by atoms with Crippen LogP contribution in [-0.2, 0) is 13.0 Å². The third-order valence-electron chi connectivity index (χ3n) is 4.79. The molecule has 1 fully saturated rings. The molecule has 1 aromatic carbocycles. The summed E-state index contributed by atoms with van der Waals surface area (Å²) in [5.74, 6) is 1.49. The topological polar surface area (TPSA) is 29.1 Å². The molecule has 0 atom stereocenters. The van der Waals surface area contributed by atoms with Gasteiger partial charge in [-0.25, -0.2) is 0 Å². The molecule has 2 aliphatic rings. The SMILES string of the molecule is CC1CCC(C(=O)c2cccc3c2CCNC3)CC1. The molecule has 1 N–H and O–H groups in total. The fraction of sp³-hybridized carbons (Fsp3) is 0.588. The van der Waals surface area contributed by atoms with Gasteiger partial charge in [-0.3, -0.25) is 4.79 Å². The van der Waals surface area contributed by atoms with Crippen LogP contribution in [0.25, 0.3) is 0 Å². The Labute approximate surface area is 115 Å². The molecule has 1 heterocycles. The summed E-state index contributed by atoms with van der Waals surface area (Å²) >= 11 is 0. The van der Waals surface area contributed by atoms with E-state index in [1.807, 2.05) is 12.1 Å². The standard InChI is InChI=1S/C17H23NO/c1-12-5-7-13(8-6-12)17(19)16-4-2-3-14-11-18-10-9-15(14)16/h2-4,12-13,18H,5-11H2,1H3. The predicted octanol–water partition coefficient (Wildman–Crippen LogP) is 3.34. The van der Waals surface area contributed by atoms with Crippen molar-refractivity contribution in [2.75, 3.05) is 6.54 Å². The summed E-state index contributed by atoms with van der Waals surface area (Å²) in [5.41, 5.74) is 3.64. The van der Waals surface area contributed by atoms with Gasteiger partial charge in [0.05, 0.1) is 0 Å². The molecule has 0 spiro atoms. The third-order valence-corrected chi connectivity index (χ3v) is 4.79. The van der Waals surface area contributed by atoms with Gasteiger partial charge in [-0.15, -0.1) is 0 Å². The van der Waals surface area contributed by atoms with Crippen LogP contribution in [0.3, 0.4) is 0 Å². The van der Waals surface area contributed by atoms with E-state index >= 15 is 0 Å². The maximum Gasteiger partial charge on any atom is 0.166 e. The van der Waals surface area contributed by atoms with E-state index in [1.165, 1.54) is 24.0 Å². The lowest BCUT2D eigenvalue weighted by Gasteiger charge is -2.27. The van der Waals surface area contributed by atoms with Gasteiger partial charge in [-0.1, -0.05) is 38.0 Å². The van der Waals surface area contributed by atoms with E-state index in [1.54, 1.807) is 0 Å². The van der Waals surface area contributed by atoms with E-state index in [4.69, 9.17) is 0 Å². The number of carbonyl (C=O) groups excluding carboxylic acids is 1. The molecule has 0 saturated heterocycles. The Morgan fingerprint density at radius 1 is 1.21 bits per heavy atom. The molecule has 1 aromatic rings. The van der Waals surface area contributed by atoms with Crippen LogP contribution in [0.2, 0.25) is 0 Å². The first-order valence-electron chi connectivity index (χ1n) is 7.61. The highest BCUT2D eigenvalue weighted by Gasteiger charge is 2.27. The monoisotopic (exact) mass is 257 g/mol. The van der Waals surface area contributed by atoms with E-state index in [0.717, 1.165) is 43.8 Å². The number of hydrogen-bond donors (Lipinski definition) is 1. The Morgan fingerprint density at radius 3 is 2.79 bits per heavy atom. The molecule has 0 unspecified atom stereocenters. The van der Waals surface area contributed by atoms with Crippen LogP contribution in [0, 0.1) is 11.8 Å². The molecule has 0 radical (unpaired) electrons. The molecule has 19 heavy (non-hydrogen) atoms. The van der Waals surface area contributed by atoms with Crippen molar-refractivity contribution < 1.29 is 4.79 Å². The van der Waals surface area contributed by atoms with Gasteiger partial charge >= 0.3 is 0 Å². The molecule has 3 rings (SSSR count). The van der Waals surface area contributed by atoms with Gasteiger partial charge in [-0.2, -0.15) is 0 Å². The first kappa shape index (κ1) is 12.9. The number of carbonyl (C=O) groups is 1. The van der Waals surface area contributed by atoms with Crippen molar-refractivity contribution in [1.82, 2.24) is 5.32 Å². The largest absolute Gasteiger partial charge is 0.312 e. The molecule has 0 aromatic heterocycles. The van der Waals surface area contributed by atoms with Crippen LogP contribution in [0.15, 0.2) is 18.2 Å². The lowest BCUT2D eigenvalue weighted by Crippen LogP contribution is -2.27. The zero-order valence-corrected chi connectivity index (χ0v) is 11.7. The minimum atomic E-state index is 0.276. The molecule has 0 bridgehead atoms. The molecule has 102 valence electrons. The van der Waals surface area contributed by atoms with Crippen LogP contribution in [0.1, 0.15) is 54.1 Å². The van der Waals surface area contributed by atoms with Crippen molar-refractivity contribution in [2.45, 2.75) is 45.6 Å². The second-order valence-electron chi connectivity index (χ2n) is 6.19. The van der Waals surface area contributed by atoms with Crippen molar-refractivity contribution in [1.29, 1.82) is 0 Å². The van der Waals surface area contributed by atoms with Crippen molar-refractivity contribution in [2.24, 2.45) is 11.8 Å². The minimum absolute atomic E-state index is 0.276. The Hall–Kier alpha value is -1.15. The van der Waals surface area contributed by atoms with Crippen LogP contribution in [0.5, 0.6) is 0 Å². The normalized spacial score (nSPS) is 26.8. The smallest absolute Gasteiger partial charge is 0.166 e. The summed E-state index contributed by atoms with van der Waals surface area (Å²) in [6.45, 7) is 4.22. The quantitative estimate of drug-likeness (QED) is 0.823. The summed E-state index contributed by atoms with van der Waals surface area (Å²) in [5, 5.41) is 3.38. The molecular weight excluding hydrogens is 234 g/mol. The van der Waals surface area contributed by atoms with Gasteiger partial charge in [-0.05, 0) is 42.9 Å². The van der Waals surface area contributed by atoms with E-state index in [2.05, 4.69) is 18.3 Å². The molecule has 1 aliphatic heterocycles. The fourth-order valence-corrected chi connectivity index (χ4v) is 3.50. The fourth-order valence-electron chi connectivity index (χ4n) is 3.50. The molecule has 2 heteroatoms. The zero-order chi connectivity index (χ0) is 13.2. The summed E-state index contributed by atoms with van der Waals surface area (Å²) in [7, 11) is 0. The molecule has 1 aliphatic carbocycles. The van der Waals surface area contributed by atoms with Crippen molar-refractivity contribution in [3.05, 3.63) is 34.9 Å². The number of nitrogens with one attached hydrogen (secondary N) is 1. The number of benzene rings is 1. The van der Waals surface area contributed by atoms with E-state index in [9.17, 15) is 4.79 Å².